The van der Waals surface area contributed by atoms with E-state index in [9.17, 15) is 9.59 Å². The molecule has 0 radical (unpaired) electrons. The Bertz CT molecular complexity index is 804. The van der Waals surface area contributed by atoms with Crippen molar-refractivity contribution >= 4 is 11.9 Å². The summed E-state index contributed by atoms with van der Waals surface area (Å²) in [5, 5.41) is 3.03. The average molecular weight is 448 g/mol. The first-order valence-corrected chi connectivity index (χ1v) is 11.3. The normalized spacial score (nSPS) is 21.3. The summed E-state index contributed by atoms with van der Waals surface area (Å²) in [4.78, 5) is 30.2. The molecule has 1 aromatic rings. The average Bonchev–Trinajstić information content (AvgIpc) is 3.22. The topological polar surface area (TPSA) is 80.3 Å². The second kappa shape index (κ2) is 9.88. The van der Waals surface area contributed by atoms with Crippen LogP contribution in [0.1, 0.15) is 51.5 Å². The lowest BCUT2D eigenvalue weighted by molar-refractivity contribution is -0.136. The molecule has 0 spiro atoms. The van der Waals surface area contributed by atoms with Gasteiger partial charge in [0.2, 0.25) is 11.7 Å². The molecule has 3 amide bonds. The van der Waals surface area contributed by atoms with Gasteiger partial charge in [-0.05, 0) is 57.7 Å². The number of ether oxygens (including phenoxy) is 3. The van der Waals surface area contributed by atoms with Crippen molar-refractivity contribution in [3.8, 4) is 17.2 Å². The summed E-state index contributed by atoms with van der Waals surface area (Å²) in [5.41, 5.74) is 0.551. The summed E-state index contributed by atoms with van der Waals surface area (Å²) in [6, 6.07) is 3.64. The lowest BCUT2D eigenvalue weighted by Gasteiger charge is -2.31. The number of likely N-dealkylation sites (tertiary alicyclic amines) is 2. The van der Waals surface area contributed by atoms with Crippen molar-refractivity contribution in [3.05, 3.63) is 17.7 Å². The predicted molar refractivity (Wildman–Crippen MR) is 123 cm³/mol. The number of rotatable bonds is 5. The highest BCUT2D eigenvalue weighted by Crippen LogP contribution is 2.43. The van der Waals surface area contributed by atoms with Crippen molar-refractivity contribution in [2.24, 2.45) is 5.92 Å². The van der Waals surface area contributed by atoms with Crippen molar-refractivity contribution in [2.75, 3.05) is 47.5 Å². The van der Waals surface area contributed by atoms with E-state index < -0.39 is 0 Å². The van der Waals surface area contributed by atoms with Crippen LogP contribution in [-0.4, -0.2) is 74.8 Å². The van der Waals surface area contributed by atoms with Gasteiger partial charge in [0, 0.05) is 37.6 Å². The van der Waals surface area contributed by atoms with Gasteiger partial charge in [-0.1, -0.05) is 0 Å². The molecule has 1 N–H and O–H groups in total. The smallest absolute Gasteiger partial charge is 0.317 e. The van der Waals surface area contributed by atoms with Crippen LogP contribution in [0, 0.1) is 5.92 Å². The molecule has 2 atom stereocenters. The molecule has 0 bridgehead atoms. The van der Waals surface area contributed by atoms with Gasteiger partial charge >= 0.3 is 6.03 Å². The number of carbonyl (C=O) groups excluding carboxylic acids is 2. The van der Waals surface area contributed by atoms with Crippen molar-refractivity contribution in [1.82, 2.24) is 15.1 Å². The largest absolute Gasteiger partial charge is 0.493 e. The molecule has 8 heteroatoms. The van der Waals surface area contributed by atoms with E-state index in [1.54, 1.807) is 26.2 Å². The van der Waals surface area contributed by atoms with E-state index in [-0.39, 0.29) is 29.3 Å². The molecule has 2 aliphatic heterocycles. The fourth-order valence-electron chi connectivity index (χ4n) is 4.62. The molecule has 0 unspecified atom stereocenters. The molecule has 2 heterocycles. The summed E-state index contributed by atoms with van der Waals surface area (Å²) >= 11 is 0. The number of urea groups is 1. The van der Waals surface area contributed by atoms with E-state index in [1.165, 1.54) is 0 Å². The lowest BCUT2D eigenvalue weighted by atomic mass is 9.87. The van der Waals surface area contributed by atoms with Gasteiger partial charge < -0.3 is 29.3 Å². The van der Waals surface area contributed by atoms with Crippen LogP contribution in [0.5, 0.6) is 17.2 Å². The highest BCUT2D eigenvalue weighted by atomic mass is 16.5. The van der Waals surface area contributed by atoms with Crippen molar-refractivity contribution in [2.45, 2.75) is 51.5 Å². The summed E-state index contributed by atoms with van der Waals surface area (Å²) in [6.07, 6.45) is 3.22. The van der Waals surface area contributed by atoms with Gasteiger partial charge in [0.25, 0.3) is 0 Å². The standard InChI is InChI=1S/C24H37N3O5/c1-24(2,3)25-23(29)27-14-17(18(15-27)22(28)26-10-8-7-9-11-26)16-12-19(30-4)21(32-6)20(13-16)31-5/h12-13,17-18H,7-11,14-15H2,1-6H3,(H,25,29)/t17-,18-/m1/s1. The minimum atomic E-state index is -0.353. The quantitative estimate of drug-likeness (QED) is 0.750. The van der Waals surface area contributed by atoms with Crippen LogP contribution in [0.15, 0.2) is 12.1 Å². The molecular formula is C24H37N3O5. The highest BCUT2D eigenvalue weighted by Gasteiger charge is 2.43. The Labute approximate surface area is 191 Å². The first-order valence-electron chi connectivity index (χ1n) is 11.3. The molecule has 0 saturated carbocycles. The van der Waals surface area contributed by atoms with Gasteiger partial charge in [0.1, 0.15) is 0 Å². The molecular weight excluding hydrogens is 410 g/mol. The van der Waals surface area contributed by atoms with E-state index in [2.05, 4.69) is 5.32 Å². The number of hydrogen-bond acceptors (Lipinski definition) is 5. The van der Waals surface area contributed by atoms with Crippen molar-refractivity contribution in [3.63, 3.8) is 0 Å². The molecule has 1 aromatic carbocycles. The second-order valence-electron chi connectivity index (χ2n) is 9.64. The second-order valence-corrected chi connectivity index (χ2v) is 9.64. The van der Waals surface area contributed by atoms with Gasteiger partial charge in [0.15, 0.2) is 11.5 Å². The number of nitrogens with one attached hydrogen (secondary N) is 1. The van der Waals surface area contributed by atoms with E-state index in [1.807, 2.05) is 37.8 Å². The Morgan fingerprint density at radius 1 is 0.906 bits per heavy atom. The number of nitrogens with zero attached hydrogens (tertiary/aromatic N) is 2. The number of methoxy groups -OCH3 is 3. The highest BCUT2D eigenvalue weighted by molar-refractivity contribution is 5.83. The molecule has 0 aliphatic carbocycles. The summed E-state index contributed by atoms with van der Waals surface area (Å²) in [7, 11) is 4.72. The zero-order valence-corrected chi connectivity index (χ0v) is 20.2. The van der Waals surface area contributed by atoms with Crippen molar-refractivity contribution < 1.29 is 23.8 Å². The Kier molecular flexibility index (Phi) is 7.41. The summed E-state index contributed by atoms with van der Waals surface area (Å²) in [5.74, 6) is 1.24. The maximum atomic E-state index is 13.5. The lowest BCUT2D eigenvalue weighted by Crippen LogP contribution is -2.48. The summed E-state index contributed by atoms with van der Waals surface area (Å²) < 4.78 is 16.5. The third-order valence-corrected chi connectivity index (χ3v) is 6.19. The number of carbonyl (C=O) groups is 2. The number of hydrogen-bond donors (Lipinski definition) is 1. The fraction of sp³-hybridized carbons (Fsp3) is 0.667. The van der Waals surface area contributed by atoms with Gasteiger partial charge in [-0.3, -0.25) is 4.79 Å². The molecule has 2 aliphatic rings. The monoisotopic (exact) mass is 447 g/mol. The number of piperidine rings is 1. The van der Waals surface area contributed by atoms with Crippen molar-refractivity contribution in [1.29, 1.82) is 0 Å². The maximum absolute atomic E-state index is 13.5. The molecule has 178 valence electrons. The number of amides is 3. The van der Waals surface area contributed by atoms with Crippen LogP contribution in [0.2, 0.25) is 0 Å². The predicted octanol–water partition coefficient (Wildman–Crippen LogP) is 3.25. The third kappa shape index (κ3) is 5.22. The third-order valence-electron chi connectivity index (χ3n) is 6.19. The van der Waals surface area contributed by atoms with E-state index >= 15 is 0 Å². The molecule has 32 heavy (non-hydrogen) atoms. The Morgan fingerprint density at radius 3 is 2.00 bits per heavy atom. The van der Waals surface area contributed by atoms with E-state index in [4.69, 9.17) is 14.2 Å². The van der Waals surface area contributed by atoms with Crippen LogP contribution in [0.4, 0.5) is 4.79 Å². The summed E-state index contributed by atoms with van der Waals surface area (Å²) in [6.45, 7) is 8.26. The van der Waals surface area contributed by atoms with Crippen LogP contribution >= 0.6 is 0 Å². The zero-order valence-electron chi connectivity index (χ0n) is 20.2. The van der Waals surface area contributed by atoms with Crippen LogP contribution in [0.25, 0.3) is 0 Å². The van der Waals surface area contributed by atoms with E-state index in [0.717, 1.165) is 37.9 Å². The molecule has 3 rings (SSSR count). The molecule has 0 aromatic heterocycles. The number of benzene rings is 1. The van der Waals surface area contributed by atoms with Crippen LogP contribution in [0.3, 0.4) is 0 Å². The zero-order chi connectivity index (χ0) is 23.5. The van der Waals surface area contributed by atoms with Gasteiger partial charge in [-0.25, -0.2) is 4.79 Å². The van der Waals surface area contributed by atoms with E-state index in [0.29, 0.717) is 30.3 Å². The Hall–Kier alpha value is -2.64. The molecule has 2 saturated heterocycles. The van der Waals surface area contributed by atoms with Gasteiger partial charge in [0.05, 0.1) is 27.2 Å². The first-order chi connectivity index (χ1) is 15.2. The molecule has 2 fully saturated rings. The Morgan fingerprint density at radius 2 is 1.50 bits per heavy atom. The minimum absolute atomic E-state index is 0.120. The van der Waals surface area contributed by atoms with Crippen LogP contribution < -0.4 is 19.5 Å². The molecule has 8 nitrogen and oxygen atoms in total. The Balaban J connectivity index is 1.95. The van der Waals surface area contributed by atoms with Gasteiger partial charge in [-0.2, -0.15) is 0 Å². The van der Waals surface area contributed by atoms with Gasteiger partial charge in [-0.15, -0.1) is 0 Å². The maximum Gasteiger partial charge on any atom is 0.317 e. The minimum Gasteiger partial charge on any atom is -0.493 e. The first kappa shape index (κ1) is 24.0. The SMILES string of the molecule is COc1cc([C@H]2CN(C(=O)NC(C)(C)C)C[C@H]2C(=O)N2CCCCC2)cc(OC)c1OC. The van der Waals surface area contributed by atoms with Crippen LogP contribution in [-0.2, 0) is 4.79 Å². The fourth-order valence-corrected chi connectivity index (χ4v) is 4.62.